The topological polar surface area (TPSA) is 44.5 Å². The van der Waals surface area contributed by atoms with E-state index in [0.717, 1.165) is 17.9 Å². The highest BCUT2D eigenvalue weighted by atomic mass is 16.5. The molecule has 15 heavy (non-hydrogen) atoms. The maximum absolute atomic E-state index is 5.55. The van der Waals surface area contributed by atoms with Gasteiger partial charge in [0.1, 0.15) is 12.4 Å². The summed E-state index contributed by atoms with van der Waals surface area (Å²) in [6.07, 6.45) is 0. The van der Waals surface area contributed by atoms with E-state index >= 15 is 0 Å². The van der Waals surface area contributed by atoms with Crippen LogP contribution in [0, 0.1) is 0 Å². The monoisotopic (exact) mass is 207 g/mol. The third kappa shape index (κ3) is 4.04. The molecule has 0 heterocycles. The van der Waals surface area contributed by atoms with E-state index < -0.39 is 0 Å². The Labute approximate surface area is 90.5 Å². The number of hydrogen-bond donors (Lipinski definition) is 1. The Morgan fingerprint density at radius 3 is 2.47 bits per heavy atom. The molecule has 0 aliphatic rings. The molecule has 0 amide bonds. The van der Waals surface area contributed by atoms with Gasteiger partial charge in [0, 0.05) is 12.3 Å². The summed E-state index contributed by atoms with van der Waals surface area (Å²) in [7, 11) is 0. The van der Waals surface area contributed by atoms with Crippen molar-refractivity contribution in [2.45, 2.75) is 6.92 Å². The van der Waals surface area contributed by atoms with Gasteiger partial charge in [0.15, 0.2) is 0 Å². The summed E-state index contributed by atoms with van der Waals surface area (Å²) < 4.78 is 10.6. The lowest BCUT2D eigenvalue weighted by atomic mass is 10.2. The van der Waals surface area contributed by atoms with Gasteiger partial charge in [0.2, 0.25) is 0 Å². The molecule has 0 atom stereocenters. The van der Waals surface area contributed by atoms with Crippen molar-refractivity contribution in [1.82, 2.24) is 0 Å². The minimum Gasteiger partial charge on any atom is -0.491 e. The van der Waals surface area contributed by atoms with Crippen molar-refractivity contribution in [2.24, 2.45) is 5.73 Å². The molecular weight excluding hydrogens is 190 g/mol. The lowest BCUT2D eigenvalue weighted by Gasteiger charge is -2.06. The molecule has 0 saturated carbocycles. The normalized spacial score (nSPS) is 9.93. The average molecular weight is 207 g/mol. The van der Waals surface area contributed by atoms with Crippen molar-refractivity contribution < 1.29 is 9.47 Å². The summed E-state index contributed by atoms with van der Waals surface area (Å²) in [5.41, 5.74) is 7.04. The second-order valence-corrected chi connectivity index (χ2v) is 3.10. The van der Waals surface area contributed by atoms with Crippen LogP contribution in [-0.4, -0.2) is 19.8 Å². The van der Waals surface area contributed by atoms with E-state index in [2.05, 4.69) is 6.58 Å². The summed E-state index contributed by atoms with van der Waals surface area (Å²) in [5.74, 6) is 0.819. The summed E-state index contributed by atoms with van der Waals surface area (Å²) in [6.45, 7) is 7.52. The Bertz CT molecular complexity index is 306. The Morgan fingerprint density at radius 1 is 1.27 bits per heavy atom. The van der Waals surface area contributed by atoms with Gasteiger partial charge in [-0.05, 0) is 36.8 Å². The summed E-state index contributed by atoms with van der Waals surface area (Å²) in [6, 6.07) is 7.52. The number of nitrogens with two attached hydrogens (primary N) is 1. The van der Waals surface area contributed by atoms with Crippen molar-refractivity contribution in [1.29, 1.82) is 0 Å². The standard InChI is InChI=1S/C12H17NO2/c1-3-14-8-9-15-12-6-4-11(5-7-12)10(2)13/h4-7H,2-3,8-9,13H2,1H3. The molecule has 0 saturated heterocycles. The maximum atomic E-state index is 5.55. The lowest BCUT2D eigenvalue weighted by Crippen LogP contribution is -2.06. The molecule has 0 aliphatic carbocycles. The fourth-order valence-electron chi connectivity index (χ4n) is 1.13. The van der Waals surface area contributed by atoms with Crippen LogP contribution in [-0.2, 0) is 4.74 Å². The molecule has 82 valence electrons. The van der Waals surface area contributed by atoms with Crippen LogP contribution in [0.1, 0.15) is 12.5 Å². The highest BCUT2D eigenvalue weighted by Crippen LogP contribution is 2.14. The first kappa shape index (κ1) is 11.6. The minimum atomic E-state index is 0.566. The van der Waals surface area contributed by atoms with Crippen LogP contribution >= 0.6 is 0 Å². The van der Waals surface area contributed by atoms with Crippen molar-refractivity contribution >= 4 is 5.70 Å². The molecule has 0 unspecified atom stereocenters. The van der Waals surface area contributed by atoms with Crippen LogP contribution in [0.5, 0.6) is 5.75 Å². The molecule has 2 N–H and O–H groups in total. The summed E-state index contributed by atoms with van der Waals surface area (Å²) >= 11 is 0. The zero-order valence-corrected chi connectivity index (χ0v) is 9.03. The van der Waals surface area contributed by atoms with Gasteiger partial charge in [-0.2, -0.15) is 0 Å². The van der Waals surface area contributed by atoms with Gasteiger partial charge in [0.05, 0.1) is 6.61 Å². The molecule has 1 rings (SSSR count). The van der Waals surface area contributed by atoms with E-state index in [1.165, 1.54) is 0 Å². The molecule has 0 spiro atoms. The van der Waals surface area contributed by atoms with Gasteiger partial charge >= 0.3 is 0 Å². The first-order chi connectivity index (χ1) is 7.24. The van der Waals surface area contributed by atoms with E-state index in [-0.39, 0.29) is 0 Å². The summed E-state index contributed by atoms with van der Waals surface area (Å²) in [4.78, 5) is 0. The smallest absolute Gasteiger partial charge is 0.119 e. The SMILES string of the molecule is C=C(N)c1ccc(OCCOCC)cc1. The predicted molar refractivity (Wildman–Crippen MR) is 61.7 cm³/mol. The molecule has 3 heteroatoms. The van der Waals surface area contributed by atoms with Crippen LogP contribution in [0.25, 0.3) is 5.70 Å². The molecule has 1 aromatic rings. The number of rotatable bonds is 6. The molecule has 0 fully saturated rings. The Morgan fingerprint density at radius 2 is 1.93 bits per heavy atom. The number of ether oxygens (including phenoxy) is 2. The van der Waals surface area contributed by atoms with E-state index in [0.29, 0.717) is 18.9 Å². The molecule has 3 nitrogen and oxygen atoms in total. The van der Waals surface area contributed by atoms with Crippen molar-refractivity contribution in [2.75, 3.05) is 19.8 Å². The Kier molecular flexibility index (Phi) is 4.71. The van der Waals surface area contributed by atoms with Gasteiger partial charge in [0.25, 0.3) is 0 Å². The first-order valence-corrected chi connectivity index (χ1v) is 4.99. The van der Waals surface area contributed by atoms with Crippen LogP contribution < -0.4 is 10.5 Å². The maximum Gasteiger partial charge on any atom is 0.119 e. The second kappa shape index (κ2) is 6.09. The van der Waals surface area contributed by atoms with Gasteiger partial charge in [-0.15, -0.1) is 0 Å². The quantitative estimate of drug-likeness (QED) is 0.726. The minimum absolute atomic E-state index is 0.566. The van der Waals surface area contributed by atoms with Crippen LogP contribution in [0.4, 0.5) is 0 Å². The molecule has 0 bridgehead atoms. The first-order valence-electron chi connectivity index (χ1n) is 4.99. The van der Waals surface area contributed by atoms with Gasteiger partial charge in [-0.3, -0.25) is 0 Å². The van der Waals surface area contributed by atoms with Gasteiger partial charge < -0.3 is 15.2 Å². The highest BCUT2D eigenvalue weighted by molar-refractivity contribution is 5.60. The van der Waals surface area contributed by atoms with E-state index in [4.69, 9.17) is 15.2 Å². The third-order valence-electron chi connectivity index (χ3n) is 1.93. The van der Waals surface area contributed by atoms with Crippen molar-refractivity contribution in [3.8, 4) is 5.75 Å². The Balaban J connectivity index is 2.39. The largest absolute Gasteiger partial charge is 0.491 e. The molecule has 1 aromatic carbocycles. The second-order valence-electron chi connectivity index (χ2n) is 3.10. The molecule has 0 aliphatic heterocycles. The number of benzene rings is 1. The van der Waals surface area contributed by atoms with Crippen molar-refractivity contribution in [3.05, 3.63) is 36.4 Å². The van der Waals surface area contributed by atoms with E-state index in [9.17, 15) is 0 Å². The van der Waals surface area contributed by atoms with Gasteiger partial charge in [-0.1, -0.05) is 6.58 Å². The lowest BCUT2D eigenvalue weighted by molar-refractivity contribution is 0.110. The number of hydrogen-bond acceptors (Lipinski definition) is 3. The zero-order chi connectivity index (χ0) is 11.1. The van der Waals surface area contributed by atoms with Crippen LogP contribution in [0.3, 0.4) is 0 Å². The molecule has 0 radical (unpaired) electrons. The average Bonchev–Trinajstić information content (AvgIpc) is 2.25. The zero-order valence-electron chi connectivity index (χ0n) is 9.03. The molecule has 0 aromatic heterocycles. The van der Waals surface area contributed by atoms with Gasteiger partial charge in [-0.25, -0.2) is 0 Å². The fourth-order valence-corrected chi connectivity index (χ4v) is 1.13. The Hall–Kier alpha value is -1.48. The van der Waals surface area contributed by atoms with Crippen LogP contribution in [0.2, 0.25) is 0 Å². The predicted octanol–water partition coefficient (Wildman–Crippen LogP) is 2.03. The fraction of sp³-hybridized carbons (Fsp3) is 0.333. The van der Waals surface area contributed by atoms with E-state index in [1.54, 1.807) is 0 Å². The third-order valence-corrected chi connectivity index (χ3v) is 1.93. The van der Waals surface area contributed by atoms with Crippen LogP contribution in [0.15, 0.2) is 30.8 Å². The summed E-state index contributed by atoms with van der Waals surface area (Å²) in [5, 5.41) is 0. The highest BCUT2D eigenvalue weighted by Gasteiger charge is 1.96. The molecular formula is C12H17NO2. The van der Waals surface area contributed by atoms with E-state index in [1.807, 2.05) is 31.2 Å². The van der Waals surface area contributed by atoms with Crippen molar-refractivity contribution in [3.63, 3.8) is 0 Å².